The van der Waals surface area contributed by atoms with Gasteiger partial charge in [0.2, 0.25) is 0 Å². The molecule has 0 spiro atoms. The van der Waals surface area contributed by atoms with Crippen LogP contribution in [0.15, 0.2) is 103 Å². The van der Waals surface area contributed by atoms with Crippen LogP contribution in [-0.4, -0.2) is 21.5 Å². The third-order valence-corrected chi connectivity index (χ3v) is 9.84. The summed E-state index contributed by atoms with van der Waals surface area (Å²) in [6, 6.07) is 39.3. The van der Waals surface area contributed by atoms with Crippen LogP contribution in [0.25, 0.3) is 38.9 Å². The van der Waals surface area contributed by atoms with Crippen molar-refractivity contribution in [3.8, 4) is 28.6 Å². The summed E-state index contributed by atoms with van der Waals surface area (Å²) < 4.78 is 33.8. The Kier molecular flexibility index (Phi) is 8.72. The summed E-state index contributed by atoms with van der Waals surface area (Å²) in [4.78, 5) is 13.1. The van der Waals surface area contributed by atoms with Crippen molar-refractivity contribution in [2.45, 2.75) is 65.7 Å². The monoisotopic (exact) mass is 880 g/mol. The average molecular weight is 881 g/mol. The van der Waals surface area contributed by atoms with E-state index in [-0.39, 0.29) is 38.3 Å². The Morgan fingerprint density at radius 3 is 2.21 bits per heavy atom. The first-order chi connectivity index (χ1) is 26.2. The van der Waals surface area contributed by atoms with Gasteiger partial charge in [0.05, 0.1) is 0 Å². The molecule has 0 saturated carbocycles. The number of benzene rings is 4. The largest absolute Gasteiger partial charge is 0.521 e. The van der Waals surface area contributed by atoms with Crippen LogP contribution in [0, 0.1) is 18.8 Å². The van der Waals surface area contributed by atoms with E-state index in [0.717, 1.165) is 33.2 Å². The number of hydrogen-bond acceptors (Lipinski definition) is 5. The Balaban J connectivity index is 0.00000480. The number of nitrogens with zero attached hydrogens (tertiary/aromatic N) is 5. The molecular weight excluding hydrogens is 834 g/mol. The summed E-state index contributed by atoms with van der Waals surface area (Å²) in [6.45, 7) is 14.5. The topological polar surface area (TPSA) is 46.4 Å². The molecule has 1 aliphatic heterocycles. The van der Waals surface area contributed by atoms with Crippen LogP contribution in [0.5, 0.6) is 11.5 Å². The van der Waals surface area contributed by atoms with E-state index >= 15 is 0 Å². The number of fused-ring (bicyclic) bond motifs is 4. The molecule has 8 rings (SSSR count). The quantitative estimate of drug-likeness (QED) is 0.149. The molecule has 0 radical (unpaired) electrons. The molecule has 6 nitrogen and oxygen atoms in total. The molecule has 7 heteroatoms. The first-order valence-corrected chi connectivity index (χ1v) is 17.9. The van der Waals surface area contributed by atoms with Crippen LogP contribution in [0.1, 0.15) is 81.1 Å². The Bertz CT molecular complexity index is 2550. The molecule has 0 saturated heterocycles. The van der Waals surface area contributed by atoms with Gasteiger partial charge in [0.25, 0.3) is 0 Å². The molecule has 0 fully saturated rings. The van der Waals surface area contributed by atoms with E-state index < -0.39 is 6.98 Å². The van der Waals surface area contributed by atoms with Gasteiger partial charge >= 0.3 is 0 Å². The van der Waals surface area contributed by atoms with Crippen LogP contribution < -0.4 is 14.5 Å². The Morgan fingerprint density at radius 1 is 0.774 bits per heavy atom. The van der Waals surface area contributed by atoms with Gasteiger partial charge in [-0.3, -0.25) is 4.98 Å². The van der Waals surface area contributed by atoms with E-state index in [4.69, 9.17) is 18.8 Å². The van der Waals surface area contributed by atoms with Crippen LogP contribution in [0.2, 0.25) is 0 Å². The van der Waals surface area contributed by atoms with E-state index in [0.29, 0.717) is 34.4 Å². The van der Waals surface area contributed by atoms with Crippen molar-refractivity contribution in [2.75, 3.05) is 16.8 Å². The molecule has 0 bridgehead atoms. The predicted octanol–water partition coefficient (Wildman–Crippen LogP) is 11.9. The second-order valence-corrected chi connectivity index (χ2v) is 15.1. The fourth-order valence-corrected chi connectivity index (χ4v) is 7.17. The molecule has 1 aliphatic rings. The Hall–Kier alpha value is -4.93. The molecule has 0 amide bonds. The predicted molar refractivity (Wildman–Crippen MR) is 214 cm³/mol. The van der Waals surface area contributed by atoms with Crippen molar-refractivity contribution in [3.05, 3.63) is 139 Å². The summed E-state index contributed by atoms with van der Waals surface area (Å²) in [7, 11) is 0. The third kappa shape index (κ3) is 6.63. The van der Waals surface area contributed by atoms with E-state index in [2.05, 4.69) is 114 Å². The maximum atomic E-state index is 8.29. The standard InChI is InChI=1S/C46H44N5O.Pt/c1-29(2)34-15-13-16-35(30(3)4)45(34)38-25-33(27-44(48-38)50-28-49(8)40-18-11-12-19-41(40)50)52-32-20-21-37-36-14-9-10-17-39(36)51(42(37)26-32)43-24-31(22-23-47-43)46(5,6)7;/h9-25,28-30H,1-8H3;/q-3;/i8D3;. The molecule has 53 heavy (non-hydrogen) atoms. The van der Waals surface area contributed by atoms with E-state index in [1.54, 1.807) is 17.6 Å². The zero-order valence-corrected chi connectivity index (χ0v) is 33.3. The second kappa shape index (κ2) is 14.1. The Morgan fingerprint density at radius 2 is 1.49 bits per heavy atom. The summed E-state index contributed by atoms with van der Waals surface area (Å²) in [6.07, 6.45) is 1.87. The first-order valence-electron chi connectivity index (χ1n) is 19.4. The molecule has 7 aromatic rings. The number of rotatable bonds is 7. The number of hydrogen-bond donors (Lipinski definition) is 0. The minimum Gasteiger partial charge on any atom is -0.521 e. The SMILES string of the molecule is [2H]C([2H])([2H])N1[CH-]N(c2[c-]c(Oc3[c-]c4c(cc3)c3ccccc3n4-c3cc(C(C)(C)C)ccn3)cc(-c3c(C(C)C)cccc3C(C)C)n2)c2ccccc21.[Pt]. The molecule has 3 aromatic heterocycles. The van der Waals surface area contributed by atoms with E-state index in [1.807, 2.05) is 48.7 Å². The summed E-state index contributed by atoms with van der Waals surface area (Å²) in [5.41, 5.74) is 8.33. The van der Waals surface area contributed by atoms with Crippen molar-refractivity contribution >= 4 is 39.0 Å². The van der Waals surface area contributed by atoms with E-state index in [9.17, 15) is 0 Å². The second-order valence-electron chi connectivity index (χ2n) is 15.1. The van der Waals surface area contributed by atoms with Gasteiger partial charge in [-0.15, -0.1) is 23.6 Å². The Labute approximate surface area is 331 Å². The minimum absolute atomic E-state index is 0. The van der Waals surface area contributed by atoms with Gasteiger partial charge in [0.15, 0.2) is 0 Å². The number of aromatic nitrogens is 3. The average Bonchev–Trinajstić information content (AvgIpc) is 3.71. The van der Waals surface area contributed by atoms with Gasteiger partial charge in [-0.05, 0) is 93.6 Å². The maximum Gasteiger partial charge on any atom is 0.135 e. The number of anilines is 3. The minimum atomic E-state index is -2.40. The van der Waals surface area contributed by atoms with Crippen LogP contribution in [0.3, 0.4) is 0 Å². The number of para-hydroxylation sites is 3. The van der Waals surface area contributed by atoms with Crippen molar-refractivity contribution < 1.29 is 29.9 Å². The zero-order chi connectivity index (χ0) is 38.8. The molecule has 0 unspecified atom stereocenters. The fraction of sp³-hybridized carbons (Fsp3) is 0.239. The fourth-order valence-electron chi connectivity index (χ4n) is 7.17. The van der Waals surface area contributed by atoms with Crippen molar-refractivity contribution in [1.29, 1.82) is 0 Å². The zero-order valence-electron chi connectivity index (χ0n) is 34.0. The number of pyridine rings is 2. The molecule has 4 aromatic carbocycles. The summed E-state index contributed by atoms with van der Waals surface area (Å²) >= 11 is 0. The van der Waals surface area contributed by atoms with Crippen molar-refractivity contribution in [1.82, 2.24) is 14.5 Å². The van der Waals surface area contributed by atoms with Gasteiger partial charge in [-0.2, -0.15) is 18.8 Å². The van der Waals surface area contributed by atoms with Crippen molar-refractivity contribution in [3.63, 3.8) is 0 Å². The third-order valence-electron chi connectivity index (χ3n) is 9.84. The molecule has 0 N–H and O–H groups in total. The normalized spacial score (nSPS) is 14.0. The number of ether oxygens (including phenoxy) is 1. The van der Waals surface area contributed by atoms with Gasteiger partial charge < -0.3 is 19.1 Å². The first kappa shape index (κ1) is 32.7. The van der Waals surface area contributed by atoms with Gasteiger partial charge in [0.1, 0.15) is 5.82 Å². The van der Waals surface area contributed by atoms with Crippen LogP contribution >= 0.6 is 0 Å². The van der Waals surface area contributed by atoms with Crippen LogP contribution in [0.4, 0.5) is 17.2 Å². The maximum absolute atomic E-state index is 8.29. The summed E-state index contributed by atoms with van der Waals surface area (Å²) in [5.74, 6) is 2.59. The molecule has 0 atom stereocenters. The smallest absolute Gasteiger partial charge is 0.135 e. The van der Waals surface area contributed by atoms with Gasteiger partial charge in [-0.25, -0.2) is 4.98 Å². The molecule has 0 aliphatic carbocycles. The summed E-state index contributed by atoms with van der Waals surface area (Å²) in [5, 5.41) is 2.13. The van der Waals surface area contributed by atoms with E-state index in [1.165, 1.54) is 21.6 Å². The molecule has 4 heterocycles. The van der Waals surface area contributed by atoms with Gasteiger partial charge in [0, 0.05) is 59.8 Å². The van der Waals surface area contributed by atoms with Crippen molar-refractivity contribution in [2.24, 2.45) is 0 Å². The molecule has 272 valence electrons. The molecular formula is C46H44N5OPt-3. The van der Waals surface area contributed by atoms with Crippen LogP contribution in [-0.2, 0) is 26.5 Å². The van der Waals surface area contributed by atoms with Gasteiger partial charge in [-0.1, -0.05) is 103 Å².